The highest BCUT2D eigenvalue weighted by molar-refractivity contribution is 7.17. The molecule has 0 atom stereocenters. The number of aromatic amines is 1. The second-order valence-electron chi connectivity index (χ2n) is 6.58. The fourth-order valence-corrected chi connectivity index (χ4v) is 4.09. The molecule has 0 radical (unpaired) electrons. The minimum Gasteiger partial charge on any atom is -0.335 e. The fourth-order valence-electron chi connectivity index (χ4n) is 3.14. The summed E-state index contributed by atoms with van der Waals surface area (Å²) in [7, 11) is 0. The zero-order chi connectivity index (χ0) is 18.8. The van der Waals surface area contributed by atoms with Crippen molar-refractivity contribution < 1.29 is 9.59 Å². The van der Waals surface area contributed by atoms with Gasteiger partial charge in [0.2, 0.25) is 0 Å². The first-order valence-electron chi connectivity index (χ1n) is 8.86. The molecule has 3 aromatic rings. The quantitative estimate of drug-likeness (QED) is 0.759. The van der Waals surface area contributed by atoms with Crippen LogP contribution in [0.25, 0.3) is 10.6 Å². The standard InChI is InChI=1S/C20H20N4O2S/c1-14-2-4-15(5-3-14)19(25)23-10-12-24(13-11-23)20(26)18-7-6-17(27-18)16-8-9-21-22-16/h2-9H,10-13H2,1H3,(H,21,22). The molecule has 1 fully saturated rings. The van der Waals surface area contributed by atoms with E-state index in [4.69, 9.17) is 0 Å². The molecule has 1 N–H and O–H groups in total. The maximum Gasteiger partial charge on any atom is 0.264 e. The van der Waals surface area contributed by atoms with Gasteiger partial charge in [0.1, 0.15) is 0 Å². The molecule has 2 amide bonds. The third kappa shape index (κ3) is 3.64. The molecule has 2 aromatic heterocycles. The summed E-state index contributed by atoms with van der Waals surface area (Å²) >= 11 is 1.45. The Labute approximate surface area is 161 Å². The lowest BCUT2D eigenvalue weighted by atomic mass is 10.1. The Morgan fingerprint density at radius 3 is 2.22 bits per heavy atom. The maximum atomic E-state index is 12.8. The smallest absolute Gasteiger partial charge is 0.264 e. The first kappa shape index (κ1) is 17.5. The number of piperazine rings is 1. The number of carbonyl (C=O) groups is 2. The van der Waals surface area contributed by atoms with Crippen molar-refractivity contribution in [2.45, 2.75) is 6.92 Å². The second kappa shape index (κ2) is 7.36. The van der Waals surface area contributed by atoms with Crippen LogP contribution in [0.4, 0.5) is 0 Å². The van der Waals surface area contributed by atoms with E-state index in [-0.39, 0.29) is 11.8 Å². The number of thiophene rings is 1. The number of H-pyrrole nitrogens is 1. The van der Waals surface area contributed by atoms with Crippen molar-refractivity contribution in [2.24, 2.45) is 0 Å². The van der Waals surface area contributed by atoms with Gasteiger partial charge in [0.25, 0.3) is 11.8 Å². The van der Waals surface area contributed by atoms with Crippen LogP contribution in [-0.4, -0.2) is 58.0 Å². The van der Waals surface area contributed by atoms with E-state index in [1.165, 1.54) is 11.3 Å². The summed E-state index contributed by atoms with van der Waals surface area (Å²) in [6, 6.07) is 13.3. The Balaban J connectivity index is 1.38. The third-order valence-electron chi connectivity index (χ3n) is 4.74. The van der Waals surface area contributed by atoms with E-state index in [1.807, 2.05) is 59.2 Å². The average molecular weight is 380 g/mol. The summed E-state index contributed by atoms with van der Waals surface area (Å²) in [6.45, 7) is 4.21. The Kier molecular flexibility index (Phi) is 4.77. The predicted molar refractivity (Wildman–Crippen MR) is 105 cm³/mol. The van der Waals surface area contributed by atoms with Crippen LogP contribution in [0.5, 0.6) is 0 Å². The largest absolute Gasteiger partial charge is 0.335 e. The molecule has 1 aliphatic heterocycles. The first-order valence-corrected chi connectivity index (χ1v) is 9.68. The number of benzene rings is 1. The minimum absolute atomic E-state index is 0.0215. The van der Waals surface area contributed by atoms with E-state index in [1.54, 1.807) is 6.20 Å². The normalized spacial score (nSPS) is 14.4. The SMILES string of the molecule is Cc1ccc(C(=O)N2CCN(C(=O)c3ccc(-c4ccn[nH]4)s3)CC2)cc1. The highest BCUT2D eigenvalue weighted by Crippen LogP contribution is 2.27. The topological polar surface area (TPSA) is 69.3 Å². The molecular formula is C20H20N4O2S. The molecule has 6 nitrogen and oxygen atoms in total. The average Bonchev–Trinajstić information content (AvgIpc) is 3.39. The van der Waals surface area contributed by atoms with E-state index in [0.29, 0.717) is 36.6 Å². The molecule has 1 saturated heterocycles. The van der Waals surface area contributed by atoms with Crippen LogP contribution in [0.2, 0.25) is 0 Å². The Bertz CT molecular complexity index is 939. The Morgan fingerprint density at radius 2 is 1.59 bits per heavy atom. The van der Waals surface area contributed by atoms with Gasteiger partial charge in [-0.25, -0.2) is 0 Å². The van der Waals surface area contributed by atoms with Crippen molar-refractivity contribution >= 4 is 23.2 Å². The summed E-state index contributed by atoms with van der Waals surface area (Å²) in [5, 5.41) is 6.86. The van der Waals surface area contributed by atoms with E-state index in [2.05, 4.69) is 10.2 Å². The van der Waals surface area contributed by atoms with Gasteiger partial charge in [0.15, 0.2) is 0 Å². The molecule has 0 bridgehead atoms. The number of hydrogen-bond acceptors (Lipinski definition) is 4. The number of nitrogens with zero attached hydrogens (tertiary/aromatic N) is 3. The number of amides is 2. The maximum absolute atomic E-state index is 12.8. The van der Waals surface area contributed by atoms with Gasteiger partial charge in [-0.15, -0.1) is 11.3 Å². The molecule has 0 aliphatic carbocycles. The van der Waals surface area contributed by atoms with Gasteiger partial charge >= 0.3 is 0 Å². The molecule has 0 saturated carbocycles. The fraction of sp³-hybridized carbons (Fsp3) is 0.250. The zero-order valence-electron chi connectivity index (χ0n) is 15.0. The van der Waals surface area contributed by atoms with E-state index in [0.717, 1.165) is 16.1 Å². The first-order chi connectivity index (χ1) is 13.1. The molecule has 7 heteroatoms. The van der Waals surface area contributed by atoms with Crippen LogP contribution in [0, 0.1) is 6.92 Å². The summed E-state index contributed by atoms with van der Waals surface area (Å²) in [4.78, 5) is 30.7. The van der Waals surface area contributed by atoms with Crippen LogP contribution < -0.4 is 0 Å². The van der Waals surface area contributed by atoms with Crippen molar-refractivity contribution in [1.29, 1.82) is 0 Å². The van der Waals surface area contributed by atoms with Crippen LogP contribution >= 0.6 is 11.3 Å². The summed E-state index contributed by atoms with van der Waals surface area (Å²) in [6.07, 6.45) is 1.70. The third-order valence-corrected chi connectivity index (χ3v) is 5.84. The van der Waals surface area contributed by atoms with Crippen LogP contribution in [0.3, 0.4) is 0 Å². The molecule has 138 valence electrons. The number of carbonyl (C=O) groups excluding carboxylic acids is 2. The predicted octanol–water partition coefficient (Wildman–Crippen LogP) is 3.04. The summed E-state index contributed by atoms with van der Waals surface area (Å²) in [5.41, 5.74) is 2.74. The lowest BCUT2D eigenvalue weighted by molar-refractivity contribution is 0.0538. The Hall–Kier alpha value is -2.93. The van der Waals surface area contributed by atoms with Gasteiger partial charge in [-0.05, 0) is 37.3 Å². The molecule has 1 aliphatic rings. The minimum atomic E-state index is 0.0215. The van der Waals surface area contributed by atoms with Crippen molar-refractivity contribution in [1.82, 2.24) is 20.0 Å². The van der Waals surface area contributed by atoms with E-state index < -0.39 is 0 Å². The number of aryl methyl sites for hydroxylation is 1. The second-order valence-corrected chi connectivity index (χ2v) is 7.67. The number of aromatic nitrogens is 2. The van der Waals surface area contributed by atoms with Gasteiger partial charge in [0.05, 0.1) is 15.4 Å². The molecule has 0 unspecified atom stereocenters. The van der Waals surface area contributed by atoms with E-state index in [9.17, 15) is 9.59 Å². The van der Waals surface area contributed by atoms with Crippen molar-refractivity contribution in [2.75, 3.05) is 26.2 Å². The van der Waals surface area contributed by atoms with Gasteiger partial charge in [-0.2, -0.15) is 5.10 Å². The number of nitrogens with one attached hydrogen (secondary N) is 1. The highest BCUT2D eigenvalue weighted by Gasteiger charge is 2.26. The molecule has 27 heavy (non-hydrogen) atoms. The summed E-state index contributed by atoms with van der Waals surface area (Å²) in [5.74, 6) is 0.0490. The Morgan fingerprint density at radius 1 is 0.926 bits per heavy atom. The summed E-state index contributed by atoms with van der Waals surface area (Å²) < 4.78 is 0. The zero-order valence-corrected chi connectivity index (χ0v) is 15.8. The molecular weight excluding hydrogens is 360 g/mol. The van der Waals surface area contributed by atoms with Gasteiger partial charge in [-0.3, -0.25) is 14.7 Å². The van der Waals surface area contributed by atoms with Crippen LogP contribution in [-0.2, 0) is 0 Å². The lowest BCUT2D eigenvalue weighted by Crippen LogP contribution is -2.50. The van der Waals surface area contributed by atoms with Gasteiger partial charge < -0.3 is 9.80 Å². The van der Waals surface area contributed by atoms with Gasteiger partial charge in [-0.1, -0.05) is 17.7 Å². The van der Waals surface area contributed by atoms with Crippen molar-refractivity contribution in [3.05, 3.63) is 64.7 Å². The monoisotopic (exact) mass is 380 g/mol. The molecule has 1 aromatic carbocycles. The highest BCUT2D eigenvalue weighted by atomic mass is 32.1. The van der Waals surface area contributed by atoms with Crippen LogP contribution in [0.1, 0.15) is 25.6 Å². The molecule has 4 rings (SSSR count). The van der Waals surface area contributed by atoms with E-state index >= 15 is 0 Å². The lowest BCUT2D eigenvalue weighted by Gasteiger charge is -2.34. The van der Waals surface area contributed by atoms with Crippen LogP contribution in [0.15, 0.2) is 48.7 Å². The van der Waals surface area contributed by atoms with Gasteiger partial charge in [0, 0.05) is 37.9 Å². The molecule has 3 heterocycles. The number of rotatable bonds is 3. The number of hydrogen-bond donors (Lipinski definition) is 1. The van der Waals surface area contributed by atoms with Crippen molar-refractivity contribution in [3.8, 4) is 10.6 Å². The molecule has 0 spiro atoms. The van der Waals surface area contributed by atoms with Crippen molar-refractivity contribution in [3.63, 3.8) is 0 Å².